The molecule has 169 valence electrons. The van der Waals surface area contributed by atoms with Crippen LogP contribution in [0, 0.1) is 6.92 Å². The Bertz CT molecular complexity index is 828. The first kappa shape index (κ1) is 28.8. The first-order valence-electron chi connectivity index (χ1n) is 10.5. The van der Waals surface area contributed by atoms with Gasteiger partial charge in [0.15, 0.2) is 0 Å². The van der Waals surface area contributed by atoms with Crippen LogP contribution in [0.1, 0.15) is 64.7 Å². The van der Waals surface area contributed by atoms with Gasteiger partial charge in [-0.05, 0) is 0 Å². The van der Waals surface area contributed by atoms with Crippen molar-refractivity contribution in [3.8, 4) is 5.75 Å². The molecule has 0 fully saturated rings. The van der Waals surface area contributed by atoms with E-state index in [2.05, 4.69) is 105 Å². The van der Waals surface area contributed by atoms with Crippen LogP contribution >= 0.6 is 24.8 Å². The van der Waals surface area contributed by atoms with Gasteiger partial charge in [-0.15, -0.1) is 24.8 Å². The summed E-state index contributed by atoms with van der Waals surface area (Å²) in [7, 11) is 0. The fraction of sp³-hybridized carbons (Fsp3) is 0.600. The maximum atomic E-state index is 7.49. The van der Waals surface area contributed by atoms with Crippen molar-refractivity contribution in [3.63, 3.8) is 0 Å². The SMILES string of the molecule is Cc1cc(C(C)(C)C)c([O][Ti]([CH3])([CH3])([CH3])([CH3])([CH3])[C]2=CC=CC2)c(C(C)(C)C)c1.Cl.Cl. The molecular formula is C25H45Cl2OTi. The molecule has 0 N–H and O–H groups in total. The Kier molecular flexibility index (Phi) is 6.60. The topological polar surface area (TPSA) is 9.23 Å². The van der Waals surface area contributed by atoms with E-state index in [1.165, 1.54) is 20.6 Å². The zero-order valence-electron chi connectivity index (χ0n) is 20.8. The summed E-state index contributed by atoms with van der Waals surface area (Å²) in [5.74, 6) is 1.11. The Morgan fingerprint density at radius 3 is 1.52 bits per heavy atom. The van der Waals surface area contributed by atoms with Crippen molar-refractivity contribution in [1.82, 2.24) is 0 Å². The average Bonchev–Trinajstić information content (AvgIpc) is 2.91. The third-order valence-corrected chi connectivity index (χ3v) is 14.1. The number of hydrogen-bond acceptors (Lipinski definition) is 1. The summed E-state index contributed by atoms with van der Waals surface area (Å²) in [6.07, 6.45) is 7.75. The van der Waals surface area contributed by atoms with Crippen LogP contribution in [0.25, 0.3) is 0 Å². The van der Waals surface area contributed by atoms with E-state index in [9.17, 15) is 0 Å². The van der Waals surface area contributed by atoms with Crippen LogP contribution in [0.2, 0.25) is 26.1 Å². The Balaban J connectivity index is 0.00000392. The van der Waals surface area contributed by atoms with Gasteiger partial charge in [0.05, 0.1) is 0 Å². The molecule has 0 saturated heterocycles. The zero-order chi connectivity index (χ0) is 21.2. The fourth-order valence-corrected chi connectivity index (χ4v) is 9.84. The van der Waals surface area contributed by atoms with Crippen LogP contribution in [0.3, 0.4) is 0 Å². The summed E-state index contributed by atoms with van der Waals surface area (Å²) in [5.41, 5.74) is 3.98. The molecule has 2 rings (SSSR count). The Labute approximate surface area is 189 Å². The predicted molar refractivity (Wildman–Crippen MR) is 135 cm³/mol. The van der Waals surface area contributed by atoms with Crippen LogP contribution in [0.15, 0.2) is 34.2 Å². The standard InChI is InChI=1S/C15H24O.C5H5.5CH3.2ClH.Ti/c1-10-8-11(14(2,3)4)13(16)12(9-10)15(5,6)7;1-2-4-5-3-1;;;;;;;;/h8-9,16H,1-7H3;1-3H,4H2;5*1H3;2*1H;/q;;;;;;;;;+1/p-1. The molecule has 0 radical (unpaired) electrons. The second kappa shape index (κ2) is 6.65. The van der Waals surface area contributed by atoms with Crippen molar-refractivity contribution in [3.05, 3.63) is 50.9 Å². The third-order valence-electron chi connectivity index (χ3n) is 6.02. The molecule has 0 aromatic heterocycles. The van der Waals surface area contributed by atoms with Gasteiger partial charge < -0.3 is 0 Å². The molecule has 0 saturated carbocycles. The summed E-state index contributed by atoms with van der Waals surface area (Å²) >= 11 is -4.45. The van der Waals surface area contributed by atoms with Gasteiger partial charge in [-0.2, -0.15) is 0 Å². The normalized spacial score (nSPS) is 18.3. The molecule has 1 aliphatic rings. The van der Waals surface area contributed by atoms with Crippen molar-refractivity contribution in [1.29, 1.82) is 0 Å². The second-order valence-electron chi connectivity index (χ2n) is 15.5. The Hall–Kier alpha value is -0.206. The summed E-state index contributed by atoms with van der Waals surface area (Å²) in [6, 6.07) is 4.66. The number of hydrogen-bond donors (Lipinski definition) is 0. The zero-order valence-corrected chi connectivity index (χ0v) is 24.0. The van der Waals surface area contributed by atoms with Gasteiger partial charge in [0.1, 0.15) is 0 Å². The quantitative estimate of drug-likeness (QED) is 0.392. The summed E-state index contributed by atoms with van der Waals surface area (Å²) in [6.45, 7) is 16.0. The second-order valence-corrected chi connectivity index (χ2v) is 39.8. The van der Waals surface area contributed by atoms with E-state index in [0.29, 0.717) is 0 Å². The summed E-state index contributed by atoms with van der Waals surface area (Å²) in [4.78, 5) is 0. The molecule has 0 unspecified atom stereocenters. The van der Waals surface area contributed by atoms with Gasteiger partial charge in [-0.25, -0.2) is 0 Å². The number of benzene rings is 1. The van der Waals surface area contributed by atoms with Crippen molar-refractivity contribution >= 4 is 24.8 Å². The number of aryl methyl sites for hydroxylation is 1. The van der Waals surface area contributed by atoms with Crippen LogP contribution in [0.4, 0.5) is 0 Å². The summed E-state index contributed by atoms with van der Waals surface area (Å²) < 4.78 is 8.95. The molecule has 0 atom stereocenters. The molecule has 1 aromatic carbocycles. The van der Waals surface area contributed by atoms with E-state index in [-0.39, 0.29) is 35.6 Å². The average molecular weight is 480 g/mol. The molecule has 0 bridgehead atoms. The van der Waals surface area contributed by atoms with Crippen LogP contribution in [-0.4, -0.2) is 0 Å². The van der Waals surface area contributed by atoms with Gasteiger partial charge >= 0.3 is 165 Å². The van der Waals surface area contributed by atoms with E-state index < -0.39 is 13.1 Å². The first-order chi connectivity index (χ1) is 11.6. The van der Waals surface area contributed by atoms with Gasteiger partial charge in [-0.3, -0.25) is 0 Å². The third kappa shape index (κ3) is 6.16. The van der Waals surface area contributed by atoms with E-state index in [1.807, 2.05) is 0 Å². The maximum Gasteiger partial charge on any atom is -0.147 e. The first-order valence-corrected chi connectivity index (χ1v) is 19.8. The van der Waals surface area contributed by atoms with Gasteiger partial charge in [-0.1, -0.05) is 0 Å². The molecule has 29 heavy (non-hydrogen) atoms. The minimum absolute atomic E-state index is 0. The molecular weight excluding hydrogens is 435 g/mol. The van der Waals surface area contributed by atoms with Crippen molar-refractivity contribution in [2.75, 3.05) is 0 Å². The molecule has 4 heteroatoms. The molecule has 1 aromatic rings. The number of rotatable bonds is 3. The molecule has 1 aliphatic carbocycles. The number of halogens is 2. The monoisotopic (exact) mass is 479 g/mol. The van der Waals surface area contributed by atoms with Gasteiger partial charge in [0, 0.05) is 0 Å². The van der Waals surface area contributed by atoms with E-state index in [0.717, 1.165) is 12.2 Å². The van der Waals surface area contributed by atoms with E-state index in [1.54, 1.807) is 0 Å². The number of allylic oxidation sites excluding steroid dienone is 4. The van der Waals surface area contributed by atoms with Crippen LogP contribution in [-0.2, 0) is 24.0 Å². The molecule has 0 amide bonds. The molecule has 0 aliphatic heterocycles. The van der Waals surface area contributed by atoms with E-state index in [4.69, 9.17) is 3.32 Å². The molecule has 0 spiro atoms. The maximum absolute atomic E-state index is 7.49. The largest absolute Gasteiger partial charge is 0.147 e. The van der Waals surface area contributed by atoms with Crippen LogP contribution < -0.4 is 3.32 Å². The van der Waals surface area contributed by atoms with Gasteiger partial charge in [0.25, 0.3) is 0 Å². The van der Waals surface area contributed by atoms with Crippen molar-refractivity contribution in [2.45, 2.75) is 91.9 Å². The van der Waals surface area contributed by atoms with Crippen LogP contribution in [0.5, 0.6) is 5.75 Å². The minimum Gasteiger partial charge on any atom is -0.147 e. The predicted octanol–water partition coefficient (Wildman–Crippen LogP) is 9.57. The summed E-state index contributed by atoms with van der Waals surface area (Å²) in [5, 5.41) is 12.1. The molecule has 0 heterocycles. The Morgan fingerprint density at radius 2 is 1.21 bits per heavy atom. The van der Waals surface area contributed by atoms with E-state index >= 15 is 0 Å². The minimum atomic E-state index is -4.45. The van der Waals surface area contributed by atoms with Crippen molar-refractivity contribution in [2.24, 2.45) is 0 Å². The molecule has 1 nitrogen and oxygen atoms in total. The smallest absolute Gasteiger partial charge is 0.147 e. The fourth-order valence-electron chi connectivity index (χ4n) is 4.07. The van der Waals surface area contributed by atoms with Gasteiger partial charge in [0.2, 0.25) is 0 Å². The Morgan fingerprint density at radius 1 is 0.793 bits per heavy atom. The van der Waals surface area contributed by atoms with Crippen molar-refractivity contribution < 1.29 is 16.4 Å².